The van der Waals surface area contributed by atoms with E-state index >= 15 is 0 Å². The Kier molecular flexibility index (Phi) is 6.45. The summed E-state index contributed by atoms with van der Waals surface area (Å²) >= 11 is 0. The Balaban J connectivity index is 1.84. The van der Waals surface area contributed by atoms with E-state index in [4.69, 9.17) is 4.74 Å². The molecule has 5 heteroatoms. The summed E-state index contributed by atoms with van der Waals surface area (Å²) in [4.78, 5) is 25.7. The molecule has 0 saturated carbocycles. The summed E-state index contributed by atoms with van der Waals surface area (Å²) in [6.07, 6.45) is 3.85. The lowest BCUT2D eigenvalue weighted by molar-refractivity contribution is -0.146. The zero-order chi connectivity index (χ0) is 17.0. The van der Waals surface area contributed by atoms with Gasteiger partial charge < -0.3 is 14.7 Å². The molecule has 2 rings (SSSR count). The first kappa shape index (κ1) is 18.2. The Bertz CT molecular complexity index is 415. The van der Waals surface area contributed by atoms with Gasteiger partial charge in [-0.25, -0.2) is 0 Å². The van der Waals surface area contributed by atoms with Crippen molar-refractivity contribution in [3.63, 3.8) is 0 Å². The number of likely N-dealkylation sites (tertiary alicyclic amines) is 1. The van der Waals surface area contributed by atoms with Gasteiger partial charge in [-0.1, -0.05) is 27.2 Å². The smallest absolute Gasteiger partial charge is 0.309 e. The van der Waals surface area contributed by atoms with Crippen LogP contribution in [0, 0.1) is 23.7 Å². The molecule has 0 aromatic rings. The average Bonchev–Trinajstić information content (AvgIpc) is 3.02. The summed E-state index contributed by atoms with van der Waals surface area (Å²) < 4.78 is 5.69. The number of carboxylic acid groups (broad SMARTS) is 1. The molecule has 5 nitrogen and oxygen atoms in total. The van der Waals surface area contributed by atoms with Gasteiger partial charge in [0.15, 0.2) is 0 Å². The van der Waals surface area contributed by atoms with Crippen molar-refractivity contribution in [2.45, 2.75) is 59.0 Å². The van der Waals surface area contributed by atoms with E-state index in [2.05, 4.69) is 20.8 Å². The monoisotopic (exact) mass is 325 g/mol. The minimum absolute atomic E-state index is 0.163. The van der Waals surface area contributed by atoms with Crippen molar-refractivity contribution in [1.82, 2.24) is 4.90 Å². The summed E-state index contributed by atoms with van der Waals surface area (Å²) in [6, 6.07) is 0. The third kappa shape index (κ3) is 4.46. The van der Waals surface area contributed by atoms with Gasteiger partial charge in [-0.3, -0.25) is 9.59 Å². The highest BCUT2D eigenvalue weighted by molar-refractivity contribution is 5.76. The minimum Gasteiger partial charge on any atom is -0.481 e. The van der Waals surface area contributed by atoms with Crippen molar-refractivity contribution in [2.75, 3.05) is 19.7 Å². The fraction of sp³-hybridized carbons (Fsp3) is 0.889. The lowest BCUT2D eigenvalue weighted by Gasteiger charge is -2.36. The molecule has 0 radical (unpaired) electrons. The molecule has 0 spiro atoms. The predicted octanol–water partition coefficient (Wildman–Crippen LogP) is 2.79. The minimum atomic E-state index is -0.742. The topological polar surface area (TPSA) is 66.8 Å². The summed E-state index contributed by atoms with van der Waals surface area (Å²) in [5, 5.41) is 9.29. The molecule has 0 bridgehead atoms. The van der Waals surface area contributed by atoms with Gasteiger partial charge in [0.1, 0.15) is 0 Å². The highest BCUT2D eigenvalue weighted by Crippen LogP contribution is 2.33. The molecule has 2 aliphatic rings. The lowest BCUT2D eigenvalue weighted by atomic mass is 9.84. The summed E-state index contributed by atoms with van der Waals surface area (Å²) in [5.74, 6) is 0.404. The molecule has 2 fully saturated rings. The number of nitrogens with zero attached hydrogens (tertiary/aromatic N) is 1. The van der Waals surface area contributed by atoms with Crippen LogP contribution in [-0.4, -0.2) is 47.7 Å². The largest absolute Gasteiger partial charge is 0.481 e. The van der Waals surface area contributed by atoms with Crippen molar-refractivity contribution < 1.29 is 19.4 Å². The number of ether oxygens (including phenoxy) is 1. The Morgan fingerprint density at radius 1 is 1.22 bits per heavy atom. The number of hydrogen-bond acceptors (Lipinski definition) is 3. The van der Waals surface area contributed by atoms with Crippen molar-refractivity contribution in [3.05, 3.63) is 0 Å². The lowest BCUT2D eigenvalue weighted by Crippen LogP contribution is -2.43. The number of carboxylic acids is 1. The molecule has 3 atom stereocenters. The van der Waals surface area contributed by atoms with E-state index in [0.29, 0.717) is 31.3 Å². The van der Waals surface area contributed by atoms with Gasteiger partial charge in [-0.15, -0.1) is 0 Å². The maximum atomic E-state index is 12.5. The molecule has 0 aromatic heterocycles. The molecule has 132 valence electrons. The fourth-order valence-electron chi connectivity index (χ4n) is 4.02. The van der Waals surface area contributed by atoms with Crippen LogP contribution in [0.1, 0.15) is 52.9 Å². The number of carbonyl (C=O) groups is 2. The Morgan fingerprint density at radius 2 is 1.87 bits per heavy atom. The van der Waals surface area contributed by atoms with Crippen molar-refractivity contribution >= 4 is 11.9 Å². The first-order valence-corrected chi connectivity index (χ1v) is 9.06. The number of hydrogen-bond donors (Lipinski definition) is 1. The van der Waals surface area contributed by atoms with Crippen LogP contribution >= 0.6 is 0 Å². The highest BCUT2D eigenvalue weighted by Gasteiger charge is 2.40. The van der Waals surface area contributed by atoms with Gasteiger partial charge in [0.05, 0.1) is 12.0 Å². The summed E-state index contributed by atoms with van der Waals surface area (Å²) in [6.45, 7) is 8.53. The Hall–Kier alpha value is -1.10. The standard InChI is InChI=1S/C18H31NO4/c1-4-13(12(2)3)11-16(20)19-8-5-14(6-9-19)17-15(18(21)22)7-10-23-17/h12-15,17H,4-11H2,1-3H3,(H,21,22)/t13?,15?,17-/m0/s1. The number of rotatable bonds is 6. The normalized spacial score (nSPS) is 27.4. The van der Waals surface area contributed by atoms with Gasteiger partial charge in [0, 0.05) is 26.1 Å². The third-order valence-electron chi connectivity index (χ3n) is 5.71. The zero-order valence-electron chi connectivity index (χ0n) is 14.7. The van der Waals surface area contributed by atoms with E-state index in [0.717, 1.165) is 32.4 Å². The molecule has 1 amide bonds. The predicted molar refractivity (Wildman–Crippen MR) is 88.0 cm³/mol. The molecule has 0 aliphatic carbocycles. The molecule has 2 unspecified atom stereocenters. The number of aliphatic carboxylic acids is 1. The Morgan fingerprint density at radius 3 is 2.39 bits per heavy atom. The maximum absolute atomic E-state index is 12.5. The number of amides is 1. The number of carbonyl (C=O) groups excluding carboxylic acids is 1. The molecular weight excluding hydrogens is 294 g/mol. The van der Waals surface area contributed by atoms with E-state index in [9.17, 15) is 14.7 Å². The van der Waals surface area contributed by atoms with Gasteiger partial charge >= 0.3 is 5.97 Å². The van der Waals surface area contributed by atoms with Crippen molar-refractivity contribution in [2.24, 2.45) is 23.7 Å². The summed E-state index contributed by atoms with van der Waals surface area (Å²) in [7, 11) is 0. The third-order valence-corrected chi connectivity index (χ3v) is 5.71. The van der Waals surface area contributed by atoms with Gasteiger partial charge in [0.25, 0.3) is 0 Å². The van der Waals surface area contributed by atoms with E-state index in [-0.39, 0.29) is 23.8 Å². The average molecular weight is 325 g/mol. The number of piperidine rings is 1. The van der Waals surface area contributed by atoms with E-state index in [1.54, 1.807) is 0 Å². The molecule has 1 N–H and O–H groups in total. The van der Waals surface area contributed by atoms with Crippen molar-refractivity contribution in [1.29, 1.82) is 0 Å². The van der Waals surface area contributed by atoms with E-state index < -0.39 is 5.97 Å². The van der Waals surface area contributed by atoms with Gasteiger partial charge in [0.2, 0.25) is 5.91 Å². The second-order valence-corrected chi connectivity index (χ2v) is 7.40. The first-order chi connectivity index (χ1) is 10.9. The van der Waals surface area contributed by atoms with E-state index in [1.807, 2.05) is 4.90 Å². The Labute approximate surface area is 139 Å². The maximum Gasteiger partial charge on any atom is 0.309 e. The molecule has 2 saturated heterocycles. The second kappa shape index (κ2) is 8.13. The highest BCUT2D eigenvalue weighted by atomic mass is 16.5. The molecule has 23 heavy (non-hydrogen) atoms. The van der Waals surface area contributed by atoms with Gasteiger partial charge in [-0.2, -0.15) is 0 Å². The molecular formula is C18H31NO4. The van der Waals surface area contributed by atoms with Crippen LogP contribution in [-0.2, 0) is 14.3 Å². The first-order valence-electron chi connectivity index (χ1n) is 9.06. The van der Waals surface area contributed by atoms with Crippen LogP contribution in [0.2, 0.25) is 0 Å². The quantitative estimate of drug-likeness (QED) is 0.815. The van der Waals surface area contributed by atoms with Crippen molar-refractivity contribution in [3.8, 4) is 0 Å². The molecule has 0 aromatic carbocycles. The summed E-state index contributed by atoms with van der Waals surface area (Å²) in [5.41, 5.74) is 0. The molecule has 2 aliphatic heterocycles. The van der Waals surface area contributed by atoms with Crippen LogP contribution in [0.15, 0.2) is 0 Å². The van der Waals surface area contributed by atoms with Crippen LogP contribution in [0.3, 0.4) is 0 Å². The zero-order valence-corrected chi connectivity index (χ0v) is 14.7. The van der Waals surface area contributed by atoms with Crippen LogP contribution in [0.5, 0.6) is 0 Å². The fourth-order valence-corrected chi connectivity index (χ4v) is 4.02. The molecule has 2 heterocycles. The van der Waals surface area contributed by atoms with Gasteiger partial charge in [-0.05, 0) is 37.0 Å². The van der Waals surface area contributed by atoms with Crippen LogP contribution in [0.25, 0.3) is 0 Å². The SMILES string of the molecule is CCC(CC(=O)N1CCC([C@@H]2OCCC2C(=O)O)CC1)C(C)C. The van der Waals surface area contributed by atoms with Crippen LogP contribution < -0.4 is 0 Å². The second-order valence-electron chi connectivity index (χ2n) is 7.40. The van der Waals surface area contributed by atoms with E-state index in [1.165, 1.54) is 0 Å². The van der Waals surface area contributed by atoms with Crippen LogP contribution in [0.4, 0.5) is 0 Å².